The van der Waals surface area contributed by atoms with Gasteiger partial charge in [-0.2, -0.15) is 13.2 Å². The Morgan fingerprint density at radius 1 is 1.28 bits per heavy atom. The number of pyridine rings is 1. The zero-order chi connectivity index (χ0) is 26.5. The molecule has 3 N–H and O–H groups in total. The summed E-state index contributed by atoms with van der Waals surface area (Å²) in [4.78, 5) is 20.1. The van der Waals surface area contributed by atoms with Gasteiger partial charge in [0.15, 0.2) is 5.69 Å². The Morgan fingerprint density at radius 2 is 2.00 bits per heavy atom. The van der Waals surface area contributed by atoms with Crippen molar-refractivity contribution in [3.63, 3.8) is 0 Å². The first-order chi connectivity index (χ1) is 17.0. The van der Waals surface area contributed by atoms with E-state index in [9.17, 15) is 13.2 Å². The summed E-state index contributed by atoms with van der Waals surface area (Å²) < 4.78 is 39.3. The molecule has 12 heteroatoms. The van der Waals surface area contributed by atoms with Crippen LogP contribution in [0.3, 0.4) is 0 Å². The first-order valence-electron chi connectivity index (χ1n) is 11.3. The molecule has 0 amide bonds. The number of anilines is 1. The van der Waals surface area contributed by atoms with Crippen LogP contribution >= 0.6 is 23.2 Å². The Morgan fingerprint density at radius 3 is 2.67 bits per heavy atom. The molecule has 1 aliphatic heterocycles. The first-order valence-corrected chi connectivity index (χ1v) is 12.0. The van der Waals surface area contributed by atoms with E-state index in [0.717, 1.165) is 41.9 Å². The minimum Gasteiger partial charge on any atom is -0.483 e. The second-order valence-corrected chi connectivity index (χ2v) is 9.50. The van der Waals surface area contributed by atoms with Gasteiger partial charge in [-0.25, -0.2) is 4.98 Å². The average molecular weight is 546 g/mol. The minimum atomic E-state index is -4.59. The summed E-state index contributed by atoms with van der Waals surface area (Å²) in [5, 5.41) is 11.4. The van der Waals surface area contributed by atoms with Crippen LogP contribution in [0.4, 0.5) is 19.0 Å². The van der Waals surface area contributed by atoms with E-state index in [-0.39, 0.29) is 18.3 Å². The molecule has 0 bridgehead atoms. The number of carbonyl (C=O) groups is 1. The second kappa shape index (κ2) is 12.1. The molecular weight excluding hydrogens is 518 g/mol. The van der Waals surface area contributed by atoms with E-state index >= 15 is 0 Å². The molecule has 0 aliphatic carbocycles. The van der Waals surface area contributed by atoms with Gasteiger partial charge in [0, 0.05) is 41.3 Å². The summed E-state index contributed by atoms with van der Waals surface area (Å²) in [5.74, 6) is 0.162. The smallest absolute Gasteiger partial charge is 0.434 e. The molecule has 196 valence electrons. The maximum absolute atomic E-state index is 13.1. The quantitative estimate of drug-likeness (QED) is 0.337. The van der Waals surface area contributed by atoms with Crippen molar-refractivity contribution in [2.24, 2.45) is 0 Å². The number of halogens is 5. The molecule has 1 aliphatic rings. The molecule has 0 saturated carbocycles. The van der Waals surface area contributed by atoms with Gasteiger partial charge in [-0.05, 0) is 69.4 Å². The van der Waals surface area contributed by atoms with Crippen LogP contribution in [0, 0.1) is 0 Å². The van der Waals surface area contributed by atoms with Gasteiger partial charge < -0.3 is 20.3 Å². The summed E-state index contributed by atoms with van der Waals surface area (Å²) in [6.45, 7) is 2.65. The number of rotatable bonds is 7. The molecule has 2 aromatic heterocycles. The number of nitrogens with one attached hydrogen (secondary N) is 2. The Kier molecular flexibility index (Phi) is 9.46. The number of alkyl halides is 3. The Hall–Kier alpha value is -2.53. The maximum Gasteiger partial charge on any atom is 0.434 e. The molecule has 7 nitrogen and oxygen atoms in total. The number of hydrogen-bond acceptors (Lipinski definition) is 5. The predicted octanol–water partition coefficient (Wildman–Crippen LogP) is 5.55. The average Bonchev–Trinajstić information content (AvgIpc) is 3.16. The van der Waals surface area contributed by atoms with Crippen molar-refractivity contribution in [1.82, 2.24) is 19.8 Å². The number of hydrogen-bond donors (Lipinski definition) is 3. The van der Waals surface area contributed by atoms with Crippen LogP contribution in [0.25, 0.3) is 10.9 Å². The van der Waals surface area contributed by atoms with Crippen LogP contribution in [0.15, 0.2) is 30.3 Å². The molecule has 3 aromatic rings. The van der Waals surface area contributed by atoms with E-state index < -0.39 is 16.9 Å². The number of H-pyrrole nitrogens is 1. The number of benzene rings is 1. The van der Waals surface area contributed by atoms with Crippen LogP contribution in [-0.2, 0) is 17.4 Å². The van der Waals surface area contributed by atoms with Crippen LogP contribution in [0.1, 0.15) is 29.4 Å². The maximum atomic E-state index is 13.1. The fourth-order valence-electron chi connectivity index (χ4n) is 4.43. The third kappa shape index (κ3) is 6.82. The number of aromatic amines is 1. The Balaban J connectivity index is 0.00000115. The number of fused-ring (bicyclic) bond motifs is 3. The van der Waals surface area contributed by atoms with Gasteiger partial charge in [-0.1, -0.05) is 23.2 Å². The third-order valence-corrected chi connectivity index (χ3v) is 6.53. The van der Waals surface area contributed by atoms with Crippen LogP contribution in [-0.4, -0.2) is 71.6 Å². The van der Waals surface area contributed by atoms with E-state index in [1.54, 1.807) is 0 Å². The summed E-state index contributed by atoms with van der Waals surface area (Å²) in [5.41, 5.74) is 2.50. The molecule has 0 radical (unpaired) electrons. The fraction of sp³-hybridized carbons (Fsp3) is 0.417. The van der Waals surface area contributed by atoms with Gasteiger partial charge in [-0.3, -0.25) is 9.69 Å². The molecule has 4 rings (SSSR count). The van der Waals surface area contributed by atoms with E-state index in [1.165, 1.54) is 23.4 Å². The van der Waals surface area contributed by atoms with Crippen LogP contribution < -0.4 is 5.32 Å². The van der Waals surface area contributed by atoms with Gasteiger partial charge in [0.2, 0.25) is 0 Å². The fourth-order valence-corrected chi connectivity index (χ4v) is 4.81. The van der Waals surface area contributed by atoms with Gasteiger partial charge in [0.25, 0.3) is 6.47 Å². The zero-order valence-corrected chi connectivity index (χ0v) is 21.4. The Labute approximate surface area is 217 Å². The van der Waals surface area contributed by atoms with Gasteiger partial charge in [-0.15, -0.1) is 0 Å². The molecule has 1 unspecified atom stereocenters. The highest BCUT2D eigenvalue weighted by Gasteiger charge is 2.35. The van der Waals surface area contributed by atoms with Crippen molar-refractivity contribution in [3.05, 3.63) is 57.3 Å². The topological polar surface area (TPSA) is 84.5 Å². The molecule has 1 atom stereocenters. The molecule has 1 aromatic carbocycles. The molecule has 0 saturated heterocycles. The molecule has 3 heterocycles. The summed E-state index contributed by atoms with van der Waals surface area (Å²) >= 11 is 11.9. The minimum absolute atomic E-state index is 0.162. The van der Waals surface area contributed by atoms with E-state index in [2.05, 4.69) is 25.1 Å². The Bertz CT molecular complexity index is 1190. The number of carboxylic acid groups (broad SMARTS) is 1. The molecule has 0 spiro atoms. The van der Waals surface area contributed by atoms with Crippen LogP contribution in [0.5, 0.6) is 0 Å². The SMILES string of the molecule is CN(C)CCC1c2[nH]c3ccc(Cl)cc3c2CCN1CCNc1ccc(Cl)c(C(F)(F)F)n1.O=CO. The standard InChI is InChI=1S/C23H26Cl2F3N5.CH2O2/c1-32(2)10-8-19-21-15(16-13-14(24)3-5-18(16)30-21)7-11-33(19)12-9-29-20-6-4-17(25)22(31-20)23(26,27)28;2-1-3/h3-6,13,19,30H,7-12H2,1-2H3,(H,29,31);1H,(H,2,3). The van der Waals surface area contributed by atoms with Crippen LogP contribution in [0.2, 0.25) is 10.0 Å². The summed E-state index contributed by atoms with van der Waals surface area (Å²) in [6.07, 6.45) is -2.78. The van der Waals surface area contributed by atoms with Crippen molar-refractivity contribution < 1.29 is 23.1 Å². The number of aromatic nitrogens is 2. The predicted molar refractivity (Wildman–Crippen MR) is 136 cm³/mol. The molecular formula is C24H28Cl2F3N5O2. The van der Waals surface area contributed by atoms with Gasteiger partial charge in [0.1, 0.15) is 5.82 Å². The van der Waals surface area contributed by atoms with Crippen molar-refractivity contribution in [2.45, 2.75) is 25.1 Å². The van der Waals surface area contributed by atoms with Crippen molar-refractivity contribution in [1.29, 1.82) is 0 Å². The second-order valence-electron chi connectivity index (χ2n) is 8.66. The first kappa shape index (κ1) is 28.0. The molecule has 0 fully saturated rings. The summed E-state index contributed by atoms with van der Waals surface area (Å²) in [6, 6.07) is 8.77. The van der Waals surface area contributed by atoms with Crippen molar-refractivity contribution >= 4 is 46.4 Å². The van der Waals surface area contributed by atoms with Gasteiger partial charge >= 0.3 is 6.18 Å². The highest BCUT2D eigenvalue weighted by Crippen LogP contribution is 2.37. The summed E-state index contributed by atoms with van der Waals surface area (Å²) in [7, 11) is 4.09. The van der Waals surface area contributed by atoms with E-state index in [4.69, 9.17) is 33.1 Å². The lowest BCUT2D eigenvalue weighted by Gasteiger charge is -2.36. The van der Waals surface area contributed by atoms with E-state index in [0.29, 0.717) is 13.1 Å². The lowest BCUT2D eigenvalue weighted by Crippen LogP contribution is -2.39. The zero-order valence-electron chi connectivity index (χ0n) is 19.9. The van der Waals surface area contributed by atoms with Crippen molar-refractivity contribution in [3.8, 4) is 0 Å². The largest absolute Gasteiger partial charge is 0.483 e. The third-order valence-electron chi connectivity index (χ3n) is 5.99. The van der Waals surface area contributed by atoms with E-state index in [1.807, 2.05) is 32.3 Å². The van der Waals surface area contributed by atoms with Gasteiger partial charge in [0.05, 0.1) is 11.1 Å². The highest BCUT2D eigenvalue weighted by molar-refractivity contribution is 6.31. The molecule has 36 heavy (non-hydrogen) atoms. The lowest BCUT2D eigenvalue weighted by molar-refractivity contribution is -0.141. The normalized spacial score (nSPS) is 15.9. The highest BCUT2D eigenvalue weighted by atomic mass is 35.5. The van der Waals surface area contributed by atoms with Crippen molar-refractivity contribution in [2.75, 3.05) is 45.6 Å². The number of nitrogens with zero attached hydrogens (tertiary/aromatic N) is 3. The monoisotopic (exact) mass is 545 g/mol. The lowest BCUT2D eigenvalue weighted by atomic mass is 9.95.